The highest BCUT2D eigenvalue weighted by molar-refractivity contribution is 5.79. The highest BCUT2D eigenvalue weighted by atomic mass is 16.1. The lowest BCUT2D eigenvalue weighted by Gasteiger charge is -2.19. The van der Waals surface area contributed by atoms with Crippen molar-refractivity contribution in [2.75, 3.05) is 25.0 Å². The third-order valence-electron chi connectivity index (χ3n) is 4.85. The first-order chi connectivity index (χ1) is 12.9. The molecule has 2 aromatic rings. The van der Waals surface area contributed by atoms with Gasteiger partial charge in [-0.2, -0.15) is 5.10 Å². The lowest BCUT2D eigenvalue weighted by Crippen LogP contribution is -2.27. The summed E-state index contributed by atoms with van der Waals surface area (Å²) in [6.45, 7) is 11.0. The topological polar surface area (TPSA) is 50.2 Å². The number of aromatic nitrogens is 2. The molecule has 1 N–H and O–H groups in total. The van der Waals surface area contributed by atoms with Crippen molar-refractivity contribution < 1.29 is 4.79 Å². The molecule has 0 spiro atoms. The first-order valence-electron chi connectivity index (χ1n) is 9.94. The molecule has 0 radical (unpaired) electrons. The largest absolute Gasteiger partial charge is 0.375 e. The van der Waals surface area contributed by atoms with Crippen LogP contribution < -0.4 is 10.2 Å². The SMILES string of the molecule is Cc1nn(CC(C)C)c(C)c1CC(=O)NCCCCN(C)c1ccccc1. The normalized spacial score (nSPS) is 11.0. The quantitative estimate of drug-likeness (QED) is 0.648. The van der Waals surface area contributed by atoms with E-state index in [9.17, 15) is 4.79 Å². The summed E-state index contributed by atoms with van der Waals surface area (Å²) >= 11 is 0. The Bertz CT molecular complexity index is 721. The molecule has 1 aromatic heterocycles. The van der Waals surface area contributed by atoms with Crippen LogP contribution in [0.1, 0.15) is 43.6 Å². The van der Waals surface area contributed by atoms with Gasteiger partial charge in [0.15, 0.2) is 0 Å². The summed E-state index contributed by atoms with van der Waals surface area (Å²) in [5.74, 6) is 0.625. The van der Waals surface area contributed by atoms with Crippen LogP contribution >= 0.6 is 0 Å². The average molecular weight is 371 g/mol. The molecule has 1 amide bonds. The smallest absolute Gasteiger partial charge is 0.224 e. The van der Waals surface area contributed by atoms with Gasteiger partial charge in [0.1, 0.15) is 0 Å². The molecule has 5 nitrogen and oxygen atoms in total. The van der Waals surface area contributed by atoms with Gasteiger partial charge in [0.05, 0.1) is 12.1 Å². The summed E-state index contributed by atoms with van der Waals surface area (Å²) in [6.07, 6.45) is 2.45. The fourth-order valence-electron chi connectivity index (χ4n) is 3.25. The van der Waals surface area contributed by atoms with Gasteiger partial charge in [-0.1, -0.05) is 32.0 Å². The number of hydrogen-bond donors (Lipinski definition) is 1. The number of carbonyl (C=O) groups is 1. The molecule has 0 unspecified atom stereocenters. The van der Waals surface area contributed by atoms with Crippen LogP contribution in [-0.2, 0) is 17.8 Å². The predicted octanol–water partition coefficient (Wildman–Crippen LogP) is 3.73. The highest BCUT2D eigenvalue weighted by Crippen LogP contribution is 2.15. The molecule has 0 aliphatic carbocycles. The lowest BCUT2D eigenvalue weighted by atomic mass is 10.1. The van der Waals surface area contributed by atoms with Crippen LogP contribution in [0.4, 0.5) is 5.69 Å². The van der Waals surface area contributed by atoms with Crippen molar-refractivity contribution in [3.8, 4) is 0 Å². The molecule has 2 rings (SSSR count). The first kappa shape index (κ1) is 21.0. The number of hydrogen-bond acceptors (Lipinski definition) is 3. The second kappa shape index (κ2) is 10.1. The lowest BCUT2D eigenvalue weighted by molar-refractivity contribution is -0.120. The minimum atomic E-state index is 0.0849. The number of amides is 1. The van der Waals surface area contributed by atoms with Gasteiger partial charge in [-0.05, 0) is 44.7 Å². The standard InChI is InChI=1S/C22H34N4O/c1-17(2)16-26-19(4)21(18(3)24-26)15-22(27)23-13-9-10-14-25(5)20-11-7-6-8-12-20/h6-8,11-12,17H,9-10,13-16H2,1-5H3,(H,23,27). The zero-order valence-electron chi connectivity index (χ0n) is 17.5. The Kier molecular flexibility index (Phi) is 7.89. The van der Waals surface area contributed by atoms with E-state index in [1.807, 2.05) is 17.7 Å². The minimum absolute atomic E-state index is 0.0849. The van der Waals surface area contributed by atoms with E-state index in [-0.39, 0.29) is 5.91 Å². The Balaban J connectivity index is 1.71. The molecule has 0 aliphatic heterocycles. The molecule has 0 saturated heterocycles. The number of anilines is 1. The summed E-state index contributed by atoms with van der Waals surface area (Å²) in [5, 5.41) is 7.65. The van der Waals surface area contributed by atoms with Gasteiger partial charge in [-0.3, -0.25) is 9.48 Å². The monoisotopic (exact) mass is 370 g/mol. The molecule has 148 valence electrons. The van der Waals surface area contributed by atoms with Crippen LogP contribution in [0.25, 0.3) is 0 Å². The molecular formula is C22H34N4O. The fraction of sp³-hybridized carbons (Fsp3) is 0.545. The number of aryl methyl sites for hydroxylation is 1. The van der Waals surface area contributed by atoms with Gasteiger partial charge in [-0.15, -0.1) is 0 Å². The Morgan fingerprint density at radius 2 is 1.89 bits per heavy atom. The van der Waals surface area contributed by atoms with Crippen LogP contribution in [0, 0.1) is 19.8 Å². The summed E-state index contributed by atoms with van der Waals surface area (Å²) in [7, 11) is 2.11. The Labute approximate surface area is 163 Å². The molecule has 1 aromatic carbocycles. The molecule has 0 aliphatic rings. The molecule has 27 heavy (non-hydrogen) atoms. The predicted molar refractivity (Wildman–Crippen MR) is 112 cm³/mol. The maximum absolute atomic E-state index is 12.3. The third kappa shape index (κ3) is 6.42. The van der Waals surface area contributed by atoms with Crippen molar-refractivity contribution in [1.82, 2.24) is 15.1 Å². The summed E-state index contributed by atoms with van der Waals surface area (Å²) < 4.78 is 2.03. The Hall–Kier alpha value is -2.30. The average Bonchev–Trinajstić information content (AvgIpc) is 2.88. The van der Waals surface area contributed by atoms with Gasteiger partial charge >= 0.3 is 0 Å². The van der Waals surface area contributed by atoms with Crippen LogP contribution in [0.3, 0.4) is 0 Å². The molecule has 0 fully saturated rings. The van der Waals surface area contributed by atoms with E-state index in [1.54, 1.807) is 0 Å². The van der Waals surface area contributed by atoms with E-state index in [4.69, 9.17) is 0 Å². The summed E-state index contributed by atoms with van der Waals surface area (Å²) in [4.78, 5) is 14.6. The number of nitrogens with one attached hydrogen (secondary N) is 1. The third-order valence-corrected chi connectivity index (χ3v) is 4.85. The van der Waals surface area contributed by atoms with Crippen molar-refractivity contribution >= 4 is 11.6 Å². The van der Waals surface area contributed by atoms with Crippen LogP contribution in [0.15, 0.2) is 30.3 Å². The van der Waals surface area contributed by atoms with E-state index in [0.29, 0.717) is 12.3 Å². The highest BCUT2D eigenvalue weighted by Gasteiger charge is 2.15. The first-order valence-corrected chi connectivity index (χ1v) is 9.94. The number of nitrogens with zero attached hydrogens (tertiary/aromatic N) is 3. The van der Waals surface area contributed by atoms with Crippen molar-refractivity contribution in [2.45, 2.75) is 53.5 Å². The van der Waals surface area contributed by atoms with Gasteiger partial charge in [0, 0.05) is 43.6 Å². The molecule has 0 atom stereocenters. The second-order valence-corrected chi connectivity index (χ2v) is 7.72. The number of rotatable bonds is 10. The van der Waals surface area contributed by atoms with Crippen molar-refractivity contribution in [2.24, 2.45) is 5.92 Å². The summed E-state index contributed by atoms with van der Waals surface area (Å²) in [6, 6.07) is 10.4. The fourth-order valence-corrected chi connectivity index (χ4v) is 3.25. The molecular weight excluding hydrogens is 336 g/mol. The van der Waals surface area contributed by atoms with Crippen molar-refractivity contribution in [3.63, 3.8) is 0 Å². The van der Waals surface area contributed by atoms with Crippen LogP contribution in [-0.4, -0.2) is 35.8 Å². The maximum atomic E-state index is 12.3. The van der Waals surface area contributed by atoms with Gasteiger partial charge in [0.2, 0.25) is 5.91 Å². The number of unbranched alkanes of at least 4 members (excludes halogenated alkanes) is 1. The van der Waals surface area contributed by atoms with E-state index in [2.05, 4.69) is 67.4 Å². The van der Waals surface area contributed by atoms with Crippen molar-refractivity contribution in [1.29, 1.82) is 0 Å². The van der Waals surface area contributed by atoms with Gasteiger partial charge in [0.25, 0.3) is 0 Å². The molecule has 1 heterocycles. The number of para-hydroxylation sites is 1. The summed E-state index contributed by atoms with van der Waals surface area (Å²) in [5.41, 5.74) is 4.37. The van der Waals surface area contributed by atoms with Crippen molar-refractivity contribution in [3.05, 3.63) is 47.3 Å². The van der Waals surface area contributed by atoms with Gasteiger partial charge in [-0.25, -0.2) is 0 Å². The van der Waals surface area contributed by atoms with E-state index >= 15 is 0 Å². The van der Waals surface area contributed by atoms with E-state index in [1.165, 1.54) is 5.69 Å². The second-order valence-electron chi connectivity index (χ2n) is 7.72. The van der Waals surface area contributed by atoms with Crippen LogP contribution in [0.5, 0.6) is 0 Å². The minimum Gasteiger partial charge on any atom is -0.375 e. The Morgan fingerprint density at radius 3 is 2.56 bits per heavy atom. The zero-order valence-corrected chi connectivity index (χ0v) is 17.5. The Morgan fingerprint density at radius 1 is 1.19 bits per heavy atom. The zero-order chi connectivity index (χ0) is 19.8. The molecule has 0 bridgehead atoms. The molecule has 5 heteroatoms. The molecule has 0 saturated carbocycles. The maximum Gasteiger partial charge on any atom is 0.224 e. The number of carbonyl (C=O) groups excluding carboxylic acids is 1. The van der Waals surface area contributed by atoms with Gasteiger partial charge < -0.3 is 10.2 Å². The van der Waals surface area contributed by atoms with E-state index in [0.717, 1.165) is 49.4 Å². The van der Waals surface area contributed by atoms with Crippen LogP contribution in [0.2, 0.25) is 0 Å². The number of benzene rings is 1. The van der Waals surface area contributed by atoms with E-state index < -0.39 is 0 Å².